The summed E-state index contributed by atoms with van der Waals surface area (Å²) < 4.78 is 7.40. The molecule has 2 rings (SSSR count). The molecule has 6 heteroatoms. The standard InChI is InChI=1S/C12H12BrN3O2/c1-3-18-12(17)11-14-8(2)15-16(11)10-6-4-9(13)5-7-10/h4-7H,3H2,1-2H3. The van der Waals surface area contributed by atoms with Crippen LogP contribution in [0, 0.1) is 6.92 Å². The Hall–Kier alpha value is -1.69. The first kappa shape index (κ1) is 12.8. The van der Waals surface area contributed by atoms with Gasteiger partial charge in [0.05, 0.1) is 12.3 Å². The fourth-order valence-corrected chi connectivity index (χ4v) is 1.77. The van der Waals surface area contributed by atoms with E-state index in [2.05, 4.69) is 26.0 Å². The van der Waals surface area contributed by atoms with Crippen molar-refractivity contribution in [2.45, 2.75) is 13.8 Å². The highest BCUT2D eigenvalue weighted by Gasteiger charge is 2.18. The van der Waals surface area contributed by atoms with Gasteiger partial charge in [-0.1, -0.05) is 15.9 Å². The van der Waals surface area contributed by atoms with Gasteiger partial charge in [0.2, 0.25) is 5.82 Å². The van der Waals surface area contributed by atoms with Crippen LogP contribution in [0.3, 0.4) is 0 Å². The van der Waals surface area contributed by atoms with Crippen LogP contribution in [-0.2, 0) is 4.74 Å². The smallest absolute Gasteiger partial charge is 0.376 e. The van der Waals surface area contributed by atoms with Gasteiger partial charge in [0.15, 0.2) is 0 Å². The average molecular weight is 310 g/mol. The molecule has 0 saturated carbocycles. The second kappa shape index (κ2) is 5.30. The number of carbonyl (C=O) groups excluding carboxylic acids is 1. The lowest BCUT2D eigenvalue weighted by Gasteiger charge is -2.05. The summed E-state index contributed by atoms with van der Waals surface area (Å²) in [4.78, 5) is 15.9. The number of halogens is 1. The Balaban J connectivity index is 2.44. The predicted molar refractivity (Wildman–Crippen MR) is 69.8 cm³/mol. The zero-order chi connectivity index (χ0) is 13.1. The second-order valence-electron chi connectivity index (χ2n) is 3.59. The van der Waals surface area contributed by atoms with Crippen LogP contribution in [0.5, 0.6) is 0 Å². The Labute approximate surface area is 113 Å². The van der Waals surface area contributed by atoms with Crippen molar-refractivity contribution in [3.05, 3.63) is 40.4 Å². The van der Waals surface area contributed by atoms with E-state index < -0.39 is 5.97 Å². The molecule has 1 heterocycles. The summed E-state index contributed by atoms with van der Waals surface area (Å²) in [5.41, 5.74) is 0.766. The second-order valence-corrected chi connectivity index (χ2v) is 4.51. The lowest BCUT2D eigenvalue weighted by atomic mass is 10.3. The SMILES string of the molecule is CCOC(=O)c1nc(C)nn1-c1ccc(Br)cc1. The molecule has 0 bridgehead atoms. The van der Waals surface area contributed by atoms with Gasteiger partial charge in [-0.2, -0.15) is 5.10 Å². The monoisotopic (exact) mass is 309 g/mol. The normalized spacial score (nSPS) is 10.4. The molecule has 0 atom stereocenters. The predicted octanol–water partition coefficient (Wildman–Crippen LogP) is 2.51. The van der Waals surface area contributed by atoms with Crippen LogP contribution in [0.1, 0.15) is 23.4 Å². The van der Waals surface area contributed by atoms with Crippen LogP contribution in [0.15, 0.2) is 28.7 Å². The van der Waals surface area contributed by atoms with Crippen LogP contribution in [0.2, 0.25) is 0 Å². The Kier molecular flexibility index (Phi) is 3.76. The zero-order valence-electron chi connectivity index (χ0n) is 10.1. The van der Waals surface area contributed by atoms with E-state index in [1.54, 1.807) is 13.8 Å². The van der Waals surface area contributed by atoms with Crippen molar-refractivity contribution >= 4 is 21.9 Å². The largest absolute Gasteiger partial charge is 0.460 e. The number of ether oxygens (including phenoxy) is 1. The van der Waals surface area contributed by atoms with E-state index in [-0.39, 0.29) is 5.82 Å². The van der Waals surface area contributed by atoms with Crippen molar-refractivity contribution in [3.8, 4) is 5.69 Å². The molecule has 18 heavy (non-hydrogen) atoms. The molecule has 0 fully saturated rings. The number of hydrogen-bond donors (Lipinski definition) is 0. The van der Waals surface area contributed by atoms with Crippen molar-refractivity contribution in [1.82, 2.24) is 14.8 Å². The number of esters is 1. The summed E-state index contributed by atoms with van der Waals surface area (Å²) in [6.45, 7) is 3.80. The number of aryl methyl sites for hydroxylation is 1. The number of carbonyl (C=O) groups is 1. The minimum Gasteiger partial charge on any atom is -0.460 e. The average Bonchev–Trinajstić information content (AvgIpc) is 2.73. The van der Waals surface area contributed by atoms with Gasteiger partial charge >= 0.3 is 5.97 Å². The van der Waals surface area contributed by atoms with Crippen molar-refractivity contribution < 1.29 is 9.53 Å². The number of hydrogen-bond acceptors (Lipinski definition) is 4. The molecule has 94 valence electrons. The van der Waals surface area contributed by atoms with Gasteiger partial charge in [-0.3, -0.25) is 0 Å². The first-order valence-electron chi connectivity index (χ1n) is 5.48. The maximum Gasteiger partial charge on any atom is 0.376 e. The van der Waals surface area contributed by atoms with Crippen molar-refractivity contribution in [2.75, 3.05) is 6.61 Å². The molecule has 1 aromatic carbocycles. The molecule has 1 aromatic heterocycles. The Morgan fingerprint density at radius 3 is 2.67 bits per heavy atom. The van der Waals surface area contributed by atoms with Gasteiger partial charge in [0.1, 0.15) is 5.82 Å². The summed E-state index contributed by atoms with van der Waals surface area (Å²) in [5.74, 6) is 0.249. The van der Waals surface area contributed by atoms with E-state index in [0.717, 1.165) is 10.2 Å². The molecule has 0 radical (unpaired) electrons. The number of benzene rings is 1. The first-order valence-corrected chi connectivity index (χ1v) is 6.28. The molecule has 0 aliphatic rings. The molecule has 5 nitrogen and oxygen atoms in total. The molecule has 0 amide bonds. The van der Waals surface area contributed by atoms with Gasteiger partial charge in [0, 0.05) is 4.47 Å². The quantitative estimate of drug-likeness (QED) is 0.817. The molecule has 0 spiro atoms. The first-order chi connectivity index (χ1) is 8.61. The lowest BCUT2D eigenvalue weighted by molar-refractivity contribution is 0.0508. The lowest BCUT2D eigenvalue weighted by Crippen LogP contribution is -2.13. The molecule has 0 unspecified atom stereocenters. The van der Waals surface area contributed by atoms with E-state index in [1.165, 1.54) is 4.68 Å². The molecule has 0 aliphatic carbocycles. The summed E-state index contributed by atoms with van der Waals surface area (Å²) >= 11 is 3.36. The zero-order valence-corrected chi connectivity index (χ0v) is 11.6. The van der Waals surface area contributed by atoms with Gasteiger partial charge in [0.25, 0.3) is 0 Å². The fourth-order valence-electron chi connectivity index (χ4n) is 1.51. The van der Waals surface area contributed by atoms with Crippen LogP contribution >= 0.6 is 15.9 Å². The summed E-state index contributed by atoms with van der Waals surface area (Å²) in [7, 11) is 0. The summed E-state index contributed by atoms with van der Waals surface area (Å²) in [6, 6.07) is 7.45. The van der Waals surface area contributed by atoms with Crippen molar-refractivity contribution in [3.63, 3.8) is 0 Å². The highest BCUT2D eigenvalue weighted by Crippen LogP contribution is 2.15. The molecular weight excluding hydrogens is 298 g/mol. The summed E-state index contributed by atoms with van der Waals surface area (Å²) in [5, 5.41) is 4.20. The fraction of sp³-hybridized carbons (Fsp3) is 0.250. The molecule has 0 N–H and O–H groups in total. The van der Waals surface area contributed by atoms with Crippen molar-refractivity contribution in [1.29, 1.82) is 0 Å². The summed E-state index contributed by atoms with van der Waals surface area (Å²) in [6.07, 6.45) is 0. The highest BCUT2D eigenvalue weighted by molar-refractivity contribution is 9.10. The number of rotatable bonds is 3. The molecule has 0 aliphatic heterocycles. The van der Waals surface area contributed by atoms with E-state index >= 15 is 0 Å². The molecule has 0 saturated heterocycles. The Morgan fingerprint density at radius 2 is 2.06 bits per heavy atom. The van der Waals surface area contributed by atoms with E-state index in [4.69, 9.17) is 4.74 Å². The van der Waals surface area contributed by atoms with Gasteiger partial charge in [-0.05, 0) is 38.1 Å². The van der Waals surface area contributed by atoms with Crippen LogP contribution in [0.25, 0.3) is 5.69 Å². The van der Waals surface area contributed by atoms with Gasteiger partial charge in [-0.15, -0.1) is 0 Å². The minimum atomic E-state index is -0.471. The van der Waals surface area contributed by atoms with Crippen LogP contribution in [0.4, 0.5) is 0 Å². The van der Waals surface area contributed by atoms with Gasteiger partial charge in [-0.25, -0.2) is 14.5 Å². The van der Waals surface area contributed by atoms with Crippen LogP contribution < -0.4 is 0 Å². The van der Waals surface area contributed by atoms with Gasteiger partial charge < -0.3 is 4.74 Å². The number of nitrogens with zero attached hydrogens (tertiary/aromatic N) is 3. The maximum atomic E-state index is 11.8. The topological polar surface area (TPSA) is 57.0 Å². The molecule has 2 aromatic rings. The third-order valence-corrected chi connectivity index (χ3v) is 2.77. The Bertz CT molecular complexity index is 563. The van der Waals surface area contributed by atoms with Crippen molar-refractivity contribution in [2.24, 2.45) is 0 Å². The number of aromatic nitrogens is 3. The maximum absolute atomic E-state index is 11.8. The third kappa shape index (κ3) is 2.59. The minimum absolute atomic E-state index is 0.191. The Morgan fingerprint density at radius 1 is 1.39 bits per heavy atom. The van der Waals surface area contributed by atoms with E-state index in [0.29, 0.717) is 12.4 Å². The third-order valence-electron chi connectivity index (χ3n) is 2.24. The van der Waals surface area contributed by atoms with E-state index in [1.807, 2.05) is 24.3 Å². The molecular formula is C12H12BrN3O2. The highest BCUT2D eigenvalue weighted by atomic mass is 79.9. The van der Waals surface area contributed by atoms with E-state index in [9.17, 15) is 4.79 Å². The van der Waals surface area contributed by atoms with Crippen LogP contribution in [-0.4, -0.2) is 27.3 Å².